The summed E-state index contributed by atoms with van der Waals surface area (Å²) in [6, 6.07) is -0.0200. The second-order valence-corrected chi connectivity index (χ2v) is 22.3. The van der Waals surface area contributed by atoms with Crippen molar-refractivity contribution >= 4 is 37.7 Å². The molecule has 0 aromatic rings. The lowest BCUT2D eigenvalue weighted by Crippen LogP contribution is -2.38. The number of hydrogen-bond acceptors (Lipinski definition) is 13. The molecule has 0 heterocycles. The van der Waals surface area contributed by atoms with E-state index in [-0.39, 0.29) is 55.1 Å². The van der Waals surface area contributed by atoms with Gasteiger partial charge in [-0.05, 0) is 112 Å². The molecule has 2 unspecified atom stereocenters. The second kappa shape index (κ2) is 25.5. The van der Waals surface area contributed by atoms with Crippen molar-refractivity contribution in [2.24, 2.45) is 21.7 Å². The molecular formula is C43H82N3O14P. The molecule has 18 heteroatoms. The van der Waals surface area contributed by atoms with Gasteiger partial charge in [0.1, 0.15) is 25.4 Å². The van der Waals surface area contributed by atoms with Crippen LogP contribution in [0.5, 0.6) is 0 Å². The fraction of sp³-hybridized carbons (Fsp3) is 0.884. The lowest BCUT2D eigenvalue weighted by molar-refractivity contribution is -0.172. The number of ether oxygens (including phenoxy) is 5. The molecule has 0 saturated heterocycles. The first-order valence-electron chi connectivity index (χ1n) is 21.3. The number of alkyl carbamates (subject to hydrolysis) is 1. The zero-order valence-electron chi connectivity index (χ0n) is 40.3. The van der Waals surface area contributed by atoms with Crippen LogP contribution in [0.2, 0.25) is 0 Å². The molecule has 0 aliphatic carbocycles. The Morgan fingerprint density at radius 3 is 1.69 bits per heavy atom. The number of phosphoric acid groups is 1. The fourth-order valence-corrected chi connectivity index (χ4v) is 5.79. The molecule has 0 fully saturated rings. The van der Waals surface area contributed by atoms with E-state index < -0.39 is 73.8 Å². The molecule has 0 aliphatic rings. The Balaban J connectivity index is 5.00. The molecule has 0 aliphatic heterocycles. The van der Waals surface area contributed by atoms with Crippen LogP contribution in [-0.4, -0.2) is 111 Å². The lowest BCUT2D eigenvalue weighted by atomic mass is 9.80. The van der Waals surface area contributed by atoms with Crippen LogP contribution in [0.4, 0.5) is 4.79 Å². The largest absolute Gasteiger partial charge is 0.472 e. The Hall–Kier alpha value is -2.82. The van der Waals surface area contributed by atoms with Crippen molar-refractivity contribution in [3.05, 3.63) is 0 Å². The van der Waals surface area contributed by atoms with Crippen molar-refractivity contribution < 1.29 is 66.2 Å². The first kappa shape index (κ1) is 58.2. The highest BCUT2D eigenvalue weighted by atomic mass is 31.2. The Bertz CT molecular complexity index is 1430. The van der Waals surface area contributed by atoms with E-state index in [0.29, 0.717) is 32.2 Å². The van der Waals surface area contributed by atoms with Gasteiger partial charge >= 0.3 is 25.9 Å². The molecule has 0 aromatic carbocycles. The Morgan fingerprint density at radius 1 is 0.607 bits per heavy atom. The van der Waals surface area contributed by atoms with E-state index in [9.17, 15) is 33.4 Å². The van der Waals surface area contributed by atoms with Crippen LogP contribution in [0, 0.1) is 21.7 Å². The van der Waals surface area contributed by atoms with Crippen LogP contribution in [0.15, 0.2) is 0 Å². The number of amides is 3. The van der Waals surface area contributed by atoms with Gasteiger partial charge in [0, 0.05) is 25.6 Å². The van der Waals surface area contributed by atoms with E-state index in [2.05, 4.69) is 57.5 Å². The molecule has 4 N–H and O–H groups in total. The monoisotopic (exact) mass is 896 g/mol. The molecular weight excluding hydrogens is 813 g/mol. The summed E-state index contributed by atoms with van der Waals surface area (Å²) in [6.07, 6.45) is 1.41. The molecule has 0 spiro atoms. The van der Waals surface area contributed by atoms with Crippen LogP contribution in [0.3, 0.4) is 0 Å². The number of carbonyl (C=O) groups is 5. The Morgan fingerprint density at radius 2 is 1.15 bits per heavy atom. The Labute approximate surface area is 366 Å². The number of hydrogen-bond donors (Lipinski definition) is 4. The fourth-order valence-electron chi connectivity index (χ4n) is 5.04. The van der Waals surface area contributed by atoms with E-state index in [1.54, 1.807) is 41.5 Å². The molecule has 0 saturated carbocycles. The minimum atomic E-state index is -4.72. The van der Waals surface area contributed by atoms with Crippen LogP contribution in [0.25, 0.3) is 0 Å². The third-order valence-electron chi connectivity index (χ3n) is 9.36. The predicted molar refractivity (Wildman–Crippen MR) is 232 cm³/mol. The average Bonchev–Trinajstić information content (AvgIpc) is 3.08. The van der Waals surface area contributed by atoms with Crippen LogP contribution >= 0.6 is 7.82 Å². The van der Waals surface area contributed by atoms with Gasteiger partial charge in [-0.15, -0.1) is 0 Å². The average molecular weight is 896 g/mol. The van der Waals surface area contributed by atoms with Crippen molar-refractivity contribution in [2.45, 2.75) is 173 Å². The SMILES string of the molecule is CC(C)NC(=O)COCC(=O)NCCC(C)(C)OCCC(C)(C)OC(=O)NCCOP(=O)(O)OCC(COC(=O)C(C)(C)CCC(C)(C)C)OC(=O)C(C)(C)CCC(C)(C)C. The van der Waals surface area contributed by atoms with Gasteiger partial charge < -0.3 is 44.5 Å². The molecule has 3 amide bonds. The van der Waals surface area contributed by atoms with E-state index in [0.717, 1.165) is 12.8 Å². The highest BCUT2D eigenvalue weighted by Crippen LogP contribution is 2.43. The summed E-state index contributed by atoms with van der Waals surface area (Å²) >= 11 is 0. The molecule has 0 radical (unpaired) electrons. The normalized spacial score (nSPS) is 14.5. The van der Waals surface area contributed by atoms with Gasteiger partial charge in [-0.1, -0.05) is 41.5 Å². The maximum absolute atomic E-state index is 13.3. The maximum Gasteiger partial charge on any atom is 0.472 e. The predicted octanol–water partition coefficient (Wildman–Crippen LogP) is 7.02. The molecule has 17 nitrogen and oxygen atoms in total. The van der Waals surface area contributed by atoms with Crippen molar-refractivity contribution in [2.75, 3.05) is 52.7 Å². The lowest BCUT2D eigenvalue weighted by Gasteiger charge is -2.30. The highest BCUT2D eigenvalue weighted by Gasteiger charge is 2.36. The van der Waals surface area contributed by atoms with E-state index in [4.69, 9.17) is 32.7 Å². The van der Waals surface area contributed by atoms with E-state index >= 15 is 0 Å². The van der Waals surface area contributed by atoms with Crippen LogP contribution < -0.4 is 16.0 Å². The molecule has 358 valence electrons. The van der Waals surface area contributed by atoms with Gasteiger partial charge in [-0.2, -0.15) is 0 Å². The van der Waals surface area contributed by atoms with Crippen molar-refractivity contribution in [1.82, 2.24) is 16.0 Å². The van der Waals surface area contributed by atoms with E-state index in [1.165, 1.54) is 0 Å². The van der Waals surface area contributed by atoms with Gasteiger partial charge in [0.05, 0.1) is 36.3 Å². The quantitative estimate of drug-likeness (QED) is 0.0257. The molecule has 0 rings (SSSR count). The molecule has 0 bridgehead atoms. The summed E-state index contributed by atoms with van der Waals surface area (Å²) in [5, 5.41) is 7.88. The Kier molecular flexibility index (Phi) is 24.3. The molecule has 61 heavy (non-hydrogen) atoms. The number of carbonyl (C=O) groups excluding carboxylic acids is 5. The minimum Gasteiger partial charge on any atom is -0.461 e. The van der Waals surface area contributed by atoms with Gasteiger partial charge in [0.2, 0.25) is 11.8 Å². The number of rotatable bonds is 29. The smallest absolute Gasteiger partial charge is 0.461 e. The minimum absolute atomic E-state index is 0.00322. The third kappa shape index (κ3) is 30.0. The summed E-state index contributed by atoms with van der Waals surface area (Å²) in [4.78, 5) is 73.0. The highest BCUT2D eigenvalue weighted by molar-refractivity contribution is 7.47. The third-order valence-corrected chi connectivity index (χ3v) is 10.3. The molecule has 0 aromatic heterocycles. The summed E-state index contributed by atoms with van der Waals surface area (Å²) in [5.41, 5.74) is -3.30. The summed E-state index contributed by atoms with van der Waals surface area (Å²) in [6.45, 7) is 28.8. The first-order chi connectivity index (χ1) is 27.6. The van der Waals surface area contributed by atoms with E-state index in [1.807, 2.05) is 27.7 Å². The maximum atomic E-state index is 13.3. The zero-order valence-corrected chi connectivity index (χ0v) is 41.2. The molecule has 2 atom stereocenters. The van der Waals surface area contributed by atoms with Gasteiger partial charge in [-0.3, -0.25) is 28.2 Å². The summed E-state index contributed by atoms with van der Waals surface area (Å²) in [7, 11) is -4.72. The second-order valence-electron chi connectivity index (χ2n) is 20.9. The number of nitrogens with one attached hydrogen (secondary N) is 3. The van der Waals surface area contributed by atoms with Crippen molar-refractivity contribution in [3.63, 3.8) is 0 Å². The summed E-state index contributed by atoms with van der Waals surface area (Å²) in [5.74, 6) is -1.73. The van der Waals surface area contributed by atoms with Crippen LogP contribution in [-0.2, 0) is 56.5 Å². The number of phosphoric ester groups is 1. The first-order valence-corrected chi connectivity index (χ1v) is 22.8. The van der Waals surface area contributed by atoms with Gasteiger partial charge in [0.25, 0.3) is 0 Å². The zero-order chi connectivity index (χ0) is 47.5. The van der Waals surface area contributed by atoms with Crippen molar-refractivity contribution in [1.29, 1.82) is 0 Å². The van der Waals surface area contributed by atoms with Crippen molar-refractivity contribution in [3.8, 4) is 0 Å². The number of esters is 2. The van der Waals surface area contributed by atoms with Gasteiger partial charge in [0.15, 0.2) is 6.10 Å². The summed E-state index contributed by atoms with van der Waals surface area (Å²) < 4.78 is 51.0. The standard InChI is InChI=1S/C43H82N3O14P/c1-31(2)46-34(48)30-54-29-33(47)44-23-21-42(13,14)56-25-22-43(15,16)60-37(51)45-24-26-57-61(52,53)58-28-32(59-36(50)41(11,12)20-18-39(6,7)8)27-55-35(49)40(9,10)19-17-38(3,4)5/h31-32H,17-30H2,1-16H3,(H,44,47)(H,45,51)(H,46,48)(H,52,53). The topological polar surface area (TPSA) is 223 Å². The van der Waals surface area contributed by atoms with Gasteiger partial charge in [-0.25, -0.2) is 9.36 Å². The van der Waals surface area contributed by atoms with Crippen LogP contribution in [0.1, 0.15) is 149 Å².